The number of benzene rings is 1. The molecule has 1 aromatic rings. The summed E-state index contributed by atoms with van der Waals surface area (Å²) >= 11 is 0. The Morgan fingerprint density at radius 1 is 1.00 bits per heavy atom. The molecule has 0 saturated heterocycles. The van der Waals surface area contributed by atoms with Gasteiger partial charge in [-0.15, -0.1) is 0 Å². The van der Waals surface area contributed by atoms with E-state index in [2.05, 4.69) is 0 Å². The van der Waals surface area contributed by atoms with Crippen LogP contribution in [0.1, 0.15) is 31.9 Å². The van der Waals surface area contributed by atoms with E-state index in [9.17, 15) is 5.11 Å². The minimum absolute atomic E-state index is 0.488. The molecule has 0 aromatic heterocycles. The highest BCUT2D eigenvalue weighted by Crippen LogP contribution is 2.31. The van der Waals surface area contributed by atoms with Gasteiger partial charge in [0.05, 0.1) is 32.5 Å². The summed E-state index contributed by atoms with van der Waals surface area (Å²) in [6.45, 7) is 6.57. The number of rotatable bonds is 11. The summed E-state index contributed by atoms with van der Waals surface area (Å²) in [4.78, 5) is 0. The number of methoxy groups -OCH3 is 1. The highest BCUT2D eigenvalue weighted by atomic mass is 16.5. The Balaban J connectivity index is 2.58. The maximum absolute atomic E-state index is 10.2. The molecule has 0 saturated carbocycles. The quantitative estimate of drug-likeness (QED) is 0.636. The van der Waals surface area contributed by atoms with Crippen LogP contribution in [0.3, 0.4) is 0 Å². The fourth-order valence-electron chi connectivity index (χ4n) is 1.88. The summed E-state index contributed by atoms with van der Waals surface area (Å²) in [5, 5.41) is 10.2. The van der Waals surface area contributed by atoms with Crippen molar-refractivity contribution in [2.75, 3.05) is 40.1 Å². The Hall–Kier alpha value is -1.30. The number of aliphatic hydroxyl groups excluding tert-OH is 1. The van der Waals surface area contributed by atoms with Gasteiger partial charge in [0.2, 0.25) is 0 Å². The van der Waals surface area contributed by atoms with Gasteiger partial charge in [-0.2, -0.15) is 0 Å². The van der Waals surface area contributed by atoms with Crippen molar-refractivity contribution >= 4 is 0 Å². The van der Waals surface area contributed by atoms with Gasteiger partial charge in [0.1, 0.15) is 0 Å². The first-order chi connectivity index (χ1) is 10.2. The first-order valence-electron chi connectivity index (χ1n) is 7.37. The molecule has 0 aliphatic carbocycles. The highest BCUT2D eigenvalue weighted by molar-refractivity contribution is 5.43. The number of ether oxygens (including phenoxy) is 4. The van der Waals surface area contributed by atoms with Crippen molar-refractivity contribution in [1.29, 1.82) is 0 Å². The number of hydrogen-bond acceptors (Lipinski definition) is 5. The molecule has 5 heteroatoms. The van der Waals surface area contributed by atoms with Crippen molar-refractivity contribution in [2.45, 2.75) is 26.4 Å². The average molecular weight is 298 g/mol. The molecule has 120 valence electrons. The molecule has 5 nitrogen and oxygen atoms in total. The molecule has 0 fully saturated rings. The molecule has 0 aliphatic rings. The molecule has 1 unspecified atom stereocenters. The van der Waals surface area contributed by atoms with Crippen LogP contribution >= 0.6 is 0 Å². The van der Waals surface area contributed by atoms with Crippen LogP contribution in [0.2, 0.25) is 0 Å². The van der Waals surface area contributed by atoms with E-state index < -0.39 is 6.10 Å². The van der Waals surface area contributed by atoms with E-state index in [1.165, 1.54) is 0 Å². The van der Waals surface area contributed by atoms with Gasteiger partial charge < -0.3 is 24.1 Å². The maximum atomic E-state index is 10.2. The van der Waals surface area contributed by atoms with Gasteiger partial charge in [-0.25, -0.2) is 0 Å². The molecule has 1 aromatic carbocycles. The summed E-state index contributed by atoms with van der Waals surface area (Å²) in [6.07, 6.45) is -0.0501. The van der Waals surface area contributed by atoms with Crippen LogP contribution in [0.4, 0.5) is 0 Å². The van der Waals surface area contributed by atoms with Gasteiger partial charge in [0, 0.05) is 20.1 Å². The zero-order valence-electron chi connectivity index (χ0n) is 13.1. The zero-order valence-corrected chi connectivity index (χ0v) is 13.1. The molecule has 0 bridgehead atoms. The molecular formula is C16H26O5. The lowest BCUT2D eigenvalue weighted by atomic mass is 10.1. The van der Waals surface area contributed by atoms with Gasteiger partial charge in [-0.1, -0.05) is 6.07 Å². The second-order valence-corrected chi connectivity index (χ2v) is 4.48. The monoisotopic (exact) mass is 298 g/mol. The topological polar surface area (TPSA) is 57.2 Å². The average Bonchev–Trinajstić information content (AvgIpc) is 2.49. The van der Waals surface area contributed by atoms with Gasteiger partial charge in [-0.3, -0.25) is 0 Å². The lowest BCUT2D eigenvalue weighted by Crippen LogP contribution is -2.07. The predicted octanol–water partition coefficient (Wildman–Crippen LogP) is 2.57. The number of hydrogen-bond donors (Lipinski definition) is 1. The lowest BCUT2D eigenvalue weighted by molar-refractivity contribution is 0.0475. The fourth-order valence-corrected chi connectivity index (χ4v) is 1.88. The van der Waals surface area contributed by atoms with Crippen molar-refractivity contribution in [2.24, 2.45) is 0 Å². The van der Waals surface area contributed by atoms with E-state index in [1.807, 2.05) is 32.0 Å². The standard InChI is InChI=1S/C16H26O5/c1-4-20-15-7-6-13(12-16(15)21-5-2)14(17)8-9-19-11-10-18-3/h6-7,12,14,17H,4-5,8-11H2,1-3H3. The minimum atomic E-state index is -0.581. The van der Waals surface area contributed by atoms with Crippen LogP contribution in [0.5, 0.6) is 11.5 Å². The van der Waals surface area contributed by atoms with E-state index in [-0.39, 0.29) is 0 Å². The Bertz CT molecular complexity index is 394. The molecule has 1 atom stereocenters. The van der Waals surface area contributed by atoms with Crippen molar-refractivity contribution in [3.63, 3.8) is 0 Å². The summed E-state index contributed by atoms with van der Waals surface area (Å²) in [7, 11) is 1.63. The number of aliphatic hydroxyl groups is 1. The first kappa shape index (κ1) is 17.8. The Labute approximate surface area is 126 Å². The first-order valence-corrected chi connectivity index (χ1v) is 7.37. The zero-order chi connectivity index (χ0) is 15.5. The third-order valence-electron chi connectivity index (χ3n) is 2.92. The van der Waals surface area contributed by atoms with Crippen molar-refractivity contribution in [1.82, 2.24) is 0 Å². The molecular weight excluding hydrogens is 272 g/mol. The van der Waals surface area contributed by atoms with E-state index >= 15 is 0 Å². The summed E-state index contributed by atoms with van der Waals surface area (Å²) in [5.74, 6) is 1.36. The largest absolute Gasteiger partial charge is 0.490 e. The maximum Gasteiger partial charge on any atom is 0.161 e. The van der Waals surface area contributed by atoms with Crippen molar-refractivity contribution < 1.29 is 24.1 Å². The Morgan fingerprint density at radius 2 is 1.71 bits per heavy atom. The third kappa shape index (κ3) is 6.33. The molecule has 0 amide bonds. The van der Waals surface area contributed by atoms with Crippen LogP contribution in [0.15, 0.2) is 18.2 Å². The molecule has 0 heterocycles. The van der Waals surface area contributed by atoms with Gasteiger partial charge in [-0.05, 0) is 31.5 Å². The molecule has 1 N–H and O–H groups in total. The van der Waals surface area contributed by atoms with Gasteiger partial charge in [0.15, 0.2) is 11.5 Å². The van der Waals surface area contributed by atoms with E-state index in [0.29, 0.717) is 51.0 Å². The second kappa shape index (κ2) is 10.4. The van der Waals surface area contributed by atoms with Gasteiger partial charge >= 0.3 is 0 Å². The summed E-state index contributed by atoms with van der Waals surface area (Å²) in [6, 6.07) is 5.51. The van der Waals surface area contributed by atoms with E-state index in [1.54, 1.807) is 7.11 Å². The summed E-state index contributed by atoms with van der Waals surface area (Å²) in [5.41, 5.74) is 0.803. The molecule has 1 rings (SSSR count). The van der Waals surface area contributed by atoms with Crippen LogP contribution < -0.4 is 9.47 Å². The van der Waals surface area contributed by atoms with Crippen LogP contribution in [-0.4, -0.2) is 45.3 Å². The fraction of sp³-hybridized carbons (Fsp3) is 0.625. The third-order valence-corrected chi connectivity index (χ3v) is 2.92. The smallest absolute Gasteiger partial charge is 0.161 e. The Kier molecular flexibility index (Phi) is 8.82. The normalized spacial score (nSPS) is 12.2. The van der Waals surface area contributed by atoms with Crippen LogP contribution in [-0.2, 0) is 9.47 Å². The van der Waals surface area contributed by atoms with Crippen molar-refractivity contribution in [3.05, 3.63) is 23.8 Å². The highest BCUT2D eigenvalue weighted by Gasteiger charge is 2.12. The van der Waals surface area contributed by atoms with Gasteiger partial charge in [0.25, 0.3) is 0 Å². The van der Waals surface area contributed by atoms with Crippen molar-refractivity contribution in [3.8, 4) is 11.5 Å². The molecule has 0 spiro atoms. The summed E-state index contributed by atoms with van der Waals surface area (Å²) < 4.78 is 21.3. The van der Waals surface area contributed by atoms with Crippen LogP contribution in [0.25, 0.3) is 0 Å². The van der Waals surface area contributed by atoms with Crippen LogP contribution in [0, 0.1) is 0 Å². The van der Waals surface area contributed by atoms with E-state index in [0.717, 1.165) is 5.56 Å². The minimum Gasteiger partial charge on any atom is -0.490 e. The molecule has 21 heavy (non-hydrogen) atoms. The predicted molar refractivity (Wildman–Crippen MR) is 81.1 cm³/mol. The lowest BCUT2D eigenvalue weighted by Gasteiger charge is -2.15. The molecule has 0 aliphatic heterocycles. The van der Waals surface area contributed by atoms with E-state index in [4.69, 9.17) is 18.9 Å². The Morgan fingerprint density at radius 3 is 2.38 bits per heavy atom. The molecule has 0 radical (unpaired) electrons. The SMILES string of the molecule is CCOc1ccc(C(O)CCOCCOC)cc1OCC. The second-order valence-electron chi connectivity index (χ2n) is 4.48.